The van der Waals surface area contributed by atoms with Gasteiger partial charge in [-0.3, -0.25) is 9.48 Å². The number of nitrogens with zero attached hydrogens (tertiary/aromatic N) is 2. The number of hydrogen-bond acceptors (Lipinski definition) is 4. The molecule has 0 radical (unpaired) electrons. The molecule has 6 nitrogen and oxygen atoms in total. The lowest BCUT2D eigenvalue weighted by atomic mass is 10.1. The monoisotopic (exact) mass is 366 g/mol. The van der Waals surface area contributed by atoms with Gasteiger partial charge in [0.1, 0.15) is 0 Å². The van der Waals surface area contributed by atoms with Gasteiger partial charge in [-0.15, -0.1) is 0 Å². The molecule has 1 aromatic rings. The molecule has 1 aromatic heterocycles. The van der Waals surface area contributed by atoms with E-state index >= 15 is 0 Å². The van der Waals surface area contributed by atoms with Gasteiger partial charge in [0.15, 0.2) is 15.1 Å². The predicted molar refractivity (Wildman–Crippen MR) is 79.2 cm³/mol. The van der Waals surface area contributed by atoms with Crippen LogP contribution in [-0.4, -0.2) is 34.5 Å². The fraction of sp³-hybridized carbons (Fsp3) is 0.667. The topological polar surface area (TPSA) is 89.3 Å². The van der Waals surface area contributed by atoms with Crippen LogP contribution in [0.2, 0.25) is 0 Å². The Kier molecular flexibility index (Phi) is 5.37. The van der Waals surface area contributed by atoms with Gasteiger partial charge in [-0.05, 0) is 35.7 Å². The van der Waals surface area contributed by atoms with E-state index in [4.69, 9.17) is 5.11 Å². The standard InChI is InChI=1S/C12H19BrN2O4S/c1-5-15-9(10(13)8(4)14-15)6-20(18,19)11(7(2)3)12(16)17/h7,11H,5-6H2,1-4H3,(H,16,17). The summed E-state index contributed by atoms with van der Waals surface area (Å²) in [5.41, 5.74) is 1.19. The van der Waals surface area contributed by atoms with Crippen molar-refractivity contribution >= 4 is 31.7 Å². The molecule has 0 amide bonds. The van der Waals surface area contributed by atoms with Crippen LogP contribution in [0.5, 0.6) is 0 Å². The lowest BCUT2D eigenvalue weighted by Crippen LogP contribution is -2.36. The fourth-order valence-corrected chi connectivity index (χ4v) is 4.74. The first-order chi connectivity index (χ1) is 9.11. The lowest BCUT2D eigenvalue weighted by Gasteiger charge is -2.17. The van der Waals surface area contributed by atoms with Crippen LogP contribution in [0.1, 0.15) is 32.2 Å². The van der Waals surface area contributed by atoms with Crippen molar-refractivity contribution in [2.75, 3.05) is 0 Å². The summed E-state index contributed by atoms with van der Waals surface area (Å²) in [6.45, 7) is 7.33. The van der Waals surface area contributed by atoms with Crippen molar-refractivity contribution < 1.29 is 18.3 Å². The molecule has 1 unspecified atom stereocenters. The molecule has 0 bridgehead atoms. The molecule has 0 aliphatic rings. The Morgan fingerprint density at radius 2 is 2.00 bits per heavy atom. The van der Waals surface area contributed by atoms with Crippen LogP contribution in [0.25, 0.3) is 0 Å². The van der Waals surface area contributed by atoms with Crippen molar-refractivity contribution in [3.05, 3.63) is 15.9 Å². The molecule has 0 aliphatic heterocycles. The zero-order valence-electron chi connectivity index (χ0n) is 11.9. The maximum absolute atomic E-state index is 12.4. The molecule has 20 heavy (non-hydrogen) atoms. The van der Waals surface area contributed by atoms with E-state index in [1.807, 2.05) is 6.92 Å². The van der Waals surface area contributed by atoms with Crippen LogP contribution >= 0.6 is 15.9 Å². The van der Waals surface area contributed by atoms with E-state index < -0.39 is 27.0 Å². The quantitative estimate of drug-likeness (QED) is 0.831. The second-order valence-electron chi connectivity index (χ2n) is 4.97. The van der Waals surface area contributed by atoms with Gasteiger partial charge in [-0.25, -0.2) is 8.42 Å². The number of sulfone groups is 1. The van der Waals surface area contributed by atoms with E-state index in [0.29, 0.717) is 22.4 Å². The second kappa shape index (κ2) is 6.26. The highest BCUT2D eigenvalue weighted by Crippen LogP contribution is 2.26. The summed E-state index contributed by atoms with van der Waals surface area (Å²) in [5.74, 6) is -2.14. The number of carbonyl (C=O) groups is 1. The van der Waals surface area contributed by atoms with Crippen LogP contribution in [0, 0.1) is 12.8 Å². The Labute approximate surface area is 127 Å². The first-order valence-electron chi connectivity index (χ1n) is 6.28. The highest BCUT2D eigenvalue weighted by molar-refractivity contribution is 9.10. The number of aromatic nitrogens is 2. The number of carboxylic acids is 1. The minimum Gasteiger partial charge on any atom is -0.480 e. The number of rotatable bonds is 6. The third kappa shape index (κ3) is 3.41. The third-order valence-corrected chi connectivity index (χ3v) is 6.25. The van der Waals surface area contributed by atoms with Crippen molar-refractivity contribution in [1.29, 1.82) is 0 Å². The molecule has 0 aliphatic carbocycles. The van der Waals surface area contributed by atoms with E-state index in [1.54, 1.807) is 25.5 Å². The van der Waals surface area contributed by atoms with Gasteiger partial charge in [0, 0.05) is 6.54 Å². The third-order valence-electron chi connectivity index (χ3n) is 3.03. The van der Waals surface area contributed by atoms with Crippen molar-refractivity contribution in [3.8, 4) is 0 Å². The van der Waals surface area contributed by atoms with Gasteiger partial charge in [-0.1, -0.05) is 13.8 Å². The molecule has 8 heteroatoms. The number of carboxylic acid groups (broad SMARTS) is 1. The van der Waals surface area contributed by atoms with Crippen LogP contribution in [0.15, 0.2) is 4.47 Å². The highest BCUT2D eigenvalue weighted by atomic mass is 79.9. The Hall–Kier alpha value is -0.890. The highest BCUT2D eigenvalue weighted by Gasteiger charge is 2.36. The summed E-state index contributed by atoms with van der Waals surface area (Å²) in [7, 11) is -3.81. The molecule has 0 saturated carbocycles. The minimum atomic E-state index is -3.81. The number of hydrogen-bond donors (Lipinski definition) is 1. The molecule has 0 aromatic carbocycles. The average Bonchev–Trinajstić information content (AvgIpc) is 2.54. The summed E-state index contributed by atoms with van der Waals surface area (Å²) >= 11 is 3.32. The molecule has 0 fully saturated rings. The Morgan fingerprint density at radius 3 is 2.40 bits per heavy atom. The van der Waals surface area contributed by atoms with Gasteiger partial charge >= 0.3 is 5.97 Å². The Bertz CT molecular complexity index is 607. The van der Waals surface area contributed by atoms with Crippen molar-refractivity contribution in [2.45, 2.75) is 45.2 Å². The number of aliphatic carboxylic acids is 1. The summed E-state index contributed by atoms with van der Waals surface area (Å²) in [6.07, 6.45) is 0. The maximum atomic E-state index is 12.4. The van der Waals surface area contributed by atoms with Crippen LogP contribution in [-0.2, 0) is 26.9 Å². The van der Waals surface area contributed by atoms with Crippen LogP contribution < -0.4 is 0 Å². The first-order valence-corrected chi connectivity index (χ1v) is 8.78. The Morgan fingerprint density at radius 1 is 1.45 bits per heavy atom. The molecule has 1 atom stereocenters. The van der Waals surface area contributed by atoms with Crippen molar-refractivity contribution in [3.63, 3.8) is 0 Å². The number of aryl methyl sites for hydroxylation is 2. The molecule has 1 rings (SSSR count). The maximum Gasteiger partial charge on any atom is 0.322 e. The Balaban J connectivity index is 3.23. The largest absolute Gasteiger partial charge is 0.480 e. The van der Waals surface area contributed by atoms with Gasteiger partial charge in [-0.2, -0.15) is 5.10 Å². The molecular formula is C12H19BrN2O4S. The van der Waals surface area contributed by atoms with E-state index in [0.717, 1.165) is 0 Å². The summed E-state index contributed by atoms with van der Waals surface area (Å²) in [4.78, 5) is 11.2. The van der Waals surface area contributed by atoms with Crippen LogP contribution in [0.3, 0.4) is 0 Å². The molecule has 114 valence electrons. The molecule has 0 saturated heterocycles. The van der Waals surface area contributed by atoms with Gasteiger partial charge < -0.3 is 5.11 Å². The zero-order valence-corrected chi connectivity index (χ0v) is 14.3. The van der Waals surface area contributed by atoms with Crippen molar-refractivity contribution in [2.24, 2.45) is 5.92 Å². The summed E-state index contributed by atoms with van der Waals surface area (Å²) < 4.78 is 26.9. The van der Waals surface area contributed by atoms with E-state index in [-0.39, 0.29) is 5.75 Å². The predicted octanol–water partition coefficient (Wildman–Crippen LogP) is 2.00. The molecule has 0 spiro atoms. The molecule has 1 heterocycles. The summed E-state index contributed by atoms with van der Waals surface area (Å²) in [5, 5.41) is 12.0. The van der Waals surface area contributed by atoms with Gasteiger partial charge in [0.05, 0.1) is 21.6 Å². The average molecular weight is 367 g/mol. The first kappa shape index (κ1) is 17.2. The molecular weight excluding hydrogens is 348 g/mol. The SMILES string of the molecule is CCn1nc(C)c(Br)c1CS(=O)(=O)C(C(=O)O)C(C)C. The van der Waals surface area contributed by atoms with Gasteiger partial charge in [0.25, 0.3) is 0 Å². The van der Waals surface area contributed by atoms with E-state index in [9.17, 15) is 13.2 Å². The fourth-order valence-electron chi connectivity index (χ4n) is 2.14. The zero-order chi connectivity index (χ0) is 15.7. The second-order valence-corrected chi connectivity index (χ2v) is 7.89. The minimum absolute atomic E-state index is 0.336. The van der Waals surface area contributed by atoms with E-state index in [2.05, 4.69) is 21.0 Å². The molecule has 1 N–H and O–H groups in total. The summed E-state index contributed by atoms with van der Waals surface area (Å²) in [6, 6.07) is 0. The van der Waals surface area contributed by atoms with Crippen molar-refractivity contribution in [1.82, 2.24) is 9.78 Å². The number of halogens is 1. The van der Waals surface area contributed by atoms with Gasteiger partial charge in [0.2, 0.25) is 0 Å². The van der Waals surface area contributed by atoms with E-state index in [1.165, 1.54) is 0 Å². The van der Waals surface area contributed by atoms with Crippen LogP contribution in [0.4, 0.5) is 0 Å². The normalized spacial score (nSPS) is 13.7. The smallest absolute Gasteiger partial charge is 0.322 e. The lowest BCUT2D eigenvalue weighted by molar-refractivity contribution is -0.137.